The predicted molar refractivity (Wildman–Crippen MR) is 73.6 cm³/mol. The molecule has 104 valence electrons. The summed E-state index contributed by atoms with van der Waals surface area (Å²) in [4.78, 5) is 13.3. The van der Waals surface area contributed by atoms with E-state index in [0.717, 1.165) is 0 Å². The van der Waals surface area contributed by atoms with Crippen molar-refractivity contribution < 1.29 is 17.6 Å². The van der Waals surface area contributed by atoms with Crippen LogP contribution in [0.5, 0.6) is 0 Å². The van der Waals surface area contributed by atoms with Gasteiger partial charge in [-0.05, 0) is 30.8 Å². The summed E-state index contributed by atoms with van der Waals surface area (Å²) in [6.45, 7) is 0. The Morgan fingerprint density at radius 2 is 2.32 bits per heavy atom. The fourth-order valence-corrected chi connectivity index (χ4v) is 3.92. The SMILES string of the molecule is CN(C(=S)NC(=O)c1ccco1)[C@H]1CCS(=O)(=O)C1. The van der Waals surface area contributed by atoms with Crippen molar-refractivity contribution in [3.8, 4) is 0 Å². The summed E-state index contributed by atoms with van der Waals surface area (Å²) in [5.74, 6) is -0.0469. The molecule has 8 heteroatoms. The van der Waals surface area contributed by atoms with Crippen molar-refractivity contribution in [2.24, 2.45) is 0 Å². The van der Waals surface area contributed by atoms with Crippen molar-refractivity contribution in [2.75, 3.05) is 18.6 Å². The van der Waals surface area contributed by atoms with Crippen LogP contribution >= 0.6 is 12.2 Å². The van der Waals surface area contributed by atoms with Crippen molar-refractivity contribution in [1.29, 1.82) is 0 Å². The topological polar surface area (TPSA) is 79.6 Å². The smallest absolute Gasteiger partial charge is 0.293 e. The Morgan fingerprint density at radius 3 is 2.84 bits per heavy atom. The molecule has 1 aliphatic rings. The number of hydrogen-bond acceptors (Lipinski definition) is 5. The van der Waals surface area contributed by atoms with Gasteiger partial charge in [0.1, 0.15) is 0 Å². The van der Waals surface area contributed by atoms with E-state index < -0.39 is 15.7 Å². The minimum Gasteiger partial charge on any atom is -0.459 e. The van der Waals surface area contributed by atoms with Crippen LogP contribution in [0.15, 0.2) is 22.8 Å². The molecule has 1 amide bonds. The minimum atomic E-state index is -2.98. The Labute approximate surface area is 116 Å². The van der Waals surface area contributed by atoms with Crippen LogP contribution in [0.4, 0.5) is 0 Å². The van der Waals surface area contributed by atoms with Gasteiger partial charge in [0.15, 0.2) is 20.7 Å². The highest BCUT2D eigenvalue weighted by Gasteiger charge is 2.32. The molecule has 6 nitrogen and oxygen atoms in total. The Bertz CT molecular complexity index is 580. The van der Waals surface area contributed by atoms with Crippen molar-refractivity contribution in [1.82, 2.24) is 10.2 Å². The third kappa shape index (κ3) is 3.32. The van der Waals surface area contributed by atoms with Crippen molar-refractivity contribution in [3.63, 3.8) is 0 Å². The zero-order valence-corrected chi connectivity index (χ0v) is 12.0. The Hall–Kier alpha value is -1.41. The van der Waals surface area contributed by atoms with Gasteiger partial charge in [0.2, 0.25) is 0 Å². The van der Waals surface area contributed by atoms with Crippen LogP contribution < -0.4 is 5.32 Å². The first kappa shape index (κ1) is 14.0. The third-order valence-corrected chi connectivity index (χ3v) is 5.18. The summed E-state index contributed by atoms with van der Waals surface area (Å²) < 4.78 is 27.8. The minimum absolute atomic E-state index is 0.0697. The van der Waals surface area contributed by atoms with Gasteiger partial charge in [-0.1, -0.05) is 0 Å². The second kappa shape index (κ2) is 5.30. The molecule has 2 heterocycles. The number of amides is 1. The Balaban J connectivity index is 1.95. The molecule has 0 bridgehead atoms. The second-order valence-corrected chi connectivity index (χ2v) is 7.02. The summed E-state index contributed by atoms with van der Waals surface area (Å²) in [7, 11) is -1.30. The lowest BCUT2D eigenvalue weighted by atomic mass is 10.2. The Kier molecular flexibility index (Phi) is 3.91. The van der Waals surface area contributed by atoms with Gasteiger partial charge >= 0.3 is 0 Å². The molecule has 2 rings (SSSR count). The second-order valence-electron chi connectivity index (χ2n) is 4.40. The van der Waals surface area contributed by atoms with Gasteiger partial charge in [0, 0.05) is 13.1 Å². The van der Waals surface area contributed by atoms with Crippen LogP contribution in [-0.2, 0) is 9.84 Å². The van der Waals surface area contributed by atoms with E-state index in [2.05, 4.69) is 5.32 Å². The first-order valence-corrected chi connectivity index (χ1v) is 7.94. The maximum atomic E-state index is 11.7. The molecule has 1 aromatic heterocycles. The fraction of sp³-hybridized carbons (Fsp3) is 0.455. The summed E-state index contributed by atoms with van der Waals surface area (Å²) in [6.07, 6.45) is 1.92. The van der Waals surface area contributed by atoms with Crippen LogP contribution in [0.3, 0.4) is 0 Å². The molecule has 1 fully saturated rings. The number of nitrogens with zero attached hydrogens (tertiary/aromatic N) is 1. The van der Waals surface area contributed by atoms with Gasteiger partial charge in [0.05, 0.1) is 17.8 Å². The van der Waals surface area contributed by atoms with E-state index in [-0.39, 0.29) is 28.4 Å². The standard InChI is InChI=1S/C11H14N2O4S2/c1-13(8-4-6-19(15,16)7-8)11(18)12-10(14)9-3-2-5-17-9/h2-3,5,8H,4,6-7H2,1H3,(H,12,14,18)/t8-/m0/s1. The number of carbonyl (C=O) groups is 1. The number of hydrogen-bond donors (Lipinski definition) is 1. The zero-order valence-electron chi connectivity index (χ0n) is 10.3. The quantitative estimate of drug-likeness (QED) is 0.797. The number of thiocarbonyl (C=S) groups is 1. The van der Waals surface area contributed by atoms with Crippen molar-refractivity contribution >= 4 is 33.1 Å². The average Bonchev–Trinajstić information content (AvgIpc) is 2.96. The number of furan rings is 1. The lowest BCUT2D eigenvalue weighted by Gasteiger charge is -2.25. The molecule has 1 saturated heterocycles. The molecule has 0 spiro atoms. The van der Waals surface area contributed by atoms with Gasteiger partial charge in [0.25, 0.3) is 5.91 Å². The van der Waals surface area contributed by atoms with E-state index in [1.54, 1.807) is 18.0 Å². The van der Waals surface area contributed by atoms with E-state index in [1.807, 2.05) is 0 Å². The molecular formula is C11H14N2O4S2. The van der Waals surface area contributed by atoms with Gasteiger partial charge in [-0.25, -0.2) is 8.42 Å². The Morgan fingerprint density at radius 1 is 1.58 bits per heavy atom. The number of rotatable bonds is 2. The monoisotopic (exact) mass is 302 g/mol. The summed E-state index contributed by atoms with van der Waals surface area (Å²) in [5, 5.41) is 2.71. The summed E-state index contributed by atoms with van der Waals surface area (Å²) in [5.41, 5.74) is 0. The number of sulfone groups is 1. The average molecular weight is 302 g/mol. The molecule has 0 unspecified atom stereocenters. The molecule has 1 atom stereocenters. The van der Waals surface area contributed by atoms with Gasteiger partial charge in [-0.3, -0.25) is 10.1 Å². The normalized spacial score (nSPS) is 21.0. The summed E-state index contributed by atoms with van der Waals surface area (Å²) >= 11 is 5.10. The van der Waals surface area contributed by atoms with E-state index >= 15 is 0 Å². The van der Waals surface area contributed by atoms with Crippen LogP contribution in [-0.4, -0.2) is 48.9 Å². The van der Waals surface area contributed by atoms with E-state index in [4.69, 9.17) is 16.6 Å². The van der Waals surface area contributed by atoms with Crippen LogP contribution in [0.1, 0.15) is 17.0 Å². The molecule has 0 aromatic carbocycles. The number of nitrogens with one attached hydrogen (secondary N) is 1. The molecule has 19 heavy (non-hydrogen) atoms. The van der Waals surface area contributed by atoms with Crippen molar-refractivity contribution in [3.05, 3.63) is 24.2 Å². The van der Waals surface area contributed by atoms with E-state index in [0.29, 0.717) is 6.42 Å². The highest BCUT2D eigenvalue weighted by Crippen LogP contribution is 2.16. The maximum Gasteiger partial charge on any atom is 0.293 e. The fourth-order valence-electron chi connectivity index (χ4n) is 1.90. The van der Waals surface area contributed by atoms with Gasteiger partial charge in [-0.15, -0.1) is 0 Å². The van der Waals surface area contributed by atoms with Crippen LogP contribution in [0, 0.1) is 0 Å². The van der Waals surface area contributed by atoms with E-state index in [1.165, 1.54) is 12.3 Å². The third-order valence-electron chi connectivity index (χ3n) is 3.04. The summed E-state index contributed by atoms with van der Waals surface area (Å²) in [6, 6.07) is 2.94. The largest absolute Gasteiger partial charge is 0.459 e. The molecule has 1 N–H and O–H groups in total. The van der Waals surface area contributed by atoms with Gasteiger partial charge < -0.3 is 9.32 Å². The molecular weight excluding hydrogens is 288 g/mol. The first-order chi connectivity index (χ1) is 8.89. The van der Waals surface area contributed by atoms with Crippen molar-refractivity contribution in [2.45, 2.75) is 12.5 Å². The molecule has 1 aromatic rings. The highest BCUT2D eigenvalue weighted by molar-refractivity contribution is 7.91. The molecule has 0 saturated carbocycles. The molecule has 0 aliphatic carbocycles. The van der Waals surface area contributed by atoms with Crippen LogP contribution in [0.25, 0.3) is 0 Å². The first-order valence-electron chi connectivity index (χ1n) is 5.71. The van der Waals surface area contributed by atoms with Gasteiger partial charge in [-0.2, -0.15) is 0 Å². The molecule has 0 radical (unpaired) electrons. The number of carbonyl (C=O) groups excluding carboxylic acids is 1. The predicted octanol–water partition coefficient (Wildman–Crippen LogP) is 0.413. The molecule has 1 aliphatic heterocycles. The lowest BCUT2D eigenvalue weighted by Crippen LogP contribution is -2.46. The highest BCUT2D eigenvalue weighted by atomic mass is 32.2. The zero-order chi connectivity index (χ0) is 14.0. The maximum absolute atomic E-state index is 11.7. The lowest BCUT2D eigenvalue weighted by molar-refractivity contribution is 0.0946. The van der Waals surface area contributed by atoms with Crippen LogP contribution in [0.2, 0.25) is 0 Å². The van der Waals surface area contributed by atoms with E-state index in [9.17, 15) is 13.2 Å².